The number of carbonyl (C=O) groups is 2. The lowest BCUT2D eigenvalue weighted by Crippen LogP contribution is -2.43. The van der Waals surface area contributed by atoms with Crippen molar-refractivity contribution in [3.63, 3.8) is 0 Å². The molecule has 25 heavy (non-hydrogen) atoms. The molecule has 0 radical (unpaired) electrons. The summed E-state index contributed by atoms with van der Waals surface area (Å²) in [7, 11) is 0. The number of urea groups is 1. The van der Waals surface area contributed by atoms with Crippen LogP contribution in [0.15, 0.2) is 24.3 Å². The van der Waals surface area contributed by atoms with Gasteiger partial charge in [0.25, 0.3) is 0 Å². The molecule has 1 fully saturated rings. The fourth-order valence-corrected chi connectivity index (χ4v) is 3.06. The molecule has 1 aliphatic rings. The normalized spacial score (nSPS) is 14.8. The van der Waals surface area contributed by atoms with Gasteiger partial charge in [0, 0.05) is 25.6 Å². The van der Waals surface area contributed by atoms with Gasteiger partial charge in [-0.25, -0.2) is 9.18 Å². The molecular formula is C19H28FN3O2. The molecule has 1 aliphatic carbocycles. The highest BCUT2D eigenvalue weighted by molar-refractivity contribution is 5.76. The molecule has 0 saturated heterocycles. The second-order valence-corrected chi connectivity index (χ2v) is 6.57. The third kappa shape index (κ3) is 8.01. The first kappa shape index (κ1) is 19.2. The van der Waals surface area contributed by atoms with E-state index in [2.05, 4.69) is 16.0 Å². The molecule has 6 heteroatoms. The van der Waals surface area contributed by atoms with E-state index in [0.717, 1.165) is 18.4 Å². The quantitative estimate of drug-likeness (QED) is 0.632. The number of hydrogen-bond donors (Lipinski definition) is 3. The molecule has 3 N–H and O–H groups in total. The second kappa shape index (κ2) is 10.7. The summed E-state index contributed by atoms with van der Waals surface area (Å²) in [4.78, 5) is 23.5. The number of rotatable bonds is 8. The van der Waals surface area contributed by atoms with Crippen molar-refractivity contribution in [2.75, 3.05) is 13.1 Å². The molecule has 3 amide bonds. The van der Waals surface area contributed by atoms with E-state index in [1.54, 1.807) is 6.07 Å². The van der Waals surface area contributed by atoms with Crippen LogP contribution in [-0.2, 0) is 11.2 Å². The first-order valence-corrected chi connectivity index (χ1v) is 9.19. The lowest BCUT2D eigenvalue weighted by molar-refractivity contribution is -0.121. The van der Waals surface area contributed by atoms with E-state index in [0.29, 0.717) is 38.4 Å². The summed E-state index contributed by atoms with van der Waals surface area (Å²) in [6.45, 7) is 0.966. The van der Waals surface area contributed by atoms with E-state index in [-0.39, 0.29) is 17.8 Å². The van der Waals surface area contributed by atoms with Crippen molar-refractivity contribution >= 4 is 11.9 Å². The van der Waals surface area contributed by atoms with Gasteiger partial charge in [-0.15, -0.1) is 0 Å². The van der Waals surface area contributed by atoms with Gasteiger partial charge in [-0.2, -0.15) is 0 Å². The van der Waals surface area contributed by atoms with Crippen molar-refractivity contribution in [3.8, 4) is 0 Å². The number of hydrogen-bond acceptors (Lipinski definition) is 2. The van der Waals surface area contributed by atoms with Crippen LogP contribution in [0.1, 0.15) is 50.5 Å². The molecular weight excluding hydrogens is 321 g/mol. The minimum Gasteiger partial charge on any atom is -0.356 e. The Morgan fingerprint density at radius 2 is 1.88 bits per heavy atom. The molecule has 1 aromatic rings. The van der Waals surface area contributed by atoms with Gasteiger partial charge in [-0.05, 0) is 43.4 Å². The molecule has 0 bridgehead atoms. The lowest BCUT2D eigenvalue weighted by atomic mass is 9.96. The van der Waals surface area contributed by atoms with Gasteiger partial charge in [-0.1, -0.05) is 31.4 Å². The van der Waals surface area contributed by atoms with E-state index >= 15 is 0 Å². The zero-order valence-electron chi connectivity index (χ0n) is 14.7. The molecule has 0 atom stereocenters. The first-order chi connectivity index (χ1) is 12.1. The number of amides is 3. The summed E-state index contributed by atoms with van der Waals surface area (Å²) in [5.41, 5.74) is 0.862. The van der Waals surface area contributed by atoms with E-state index in [1.807, 2.05) is 6.07 Å². The molecule has 0 spiro atoms. The number of halogens is 1. The highest BCUT2D eigenvalue weighted by atomic mass is 19.1. The number of nitrogens with one attached hydrogen (secondary N) is 3. The van der Waals surface area contributed by atoms with Crippen LogP contribution in [0.25, 0.3) is 0 Å². The van der Waals surface area contributed by atoms with Crippen LogP contribution >= 0.6 is 0 Å². The van der Waals surface area contributed by atoms with Crippen LogP contribution in [0.5, 0.6) is 0 Å². The average Bonchev–Trinajstić information content (AvgIpc) is 2.60. The van der Waals surface area contributed by atoms with Crippen LogP contribution in [0.2, 0.25) is 0 Å². The van der Waals surface area contributed by atoms with Crippen molar-refractivity contribution in [3.05, 3.63) is 35.6 Å². The fraction of sp³-hybridized carbons (Fsp3) is 0.579. The fourth-order valence-electron chi connectivity index (χ4n) is 3.06. The summed E-state index contributed by atoms with van der Waals surface area (Å²) >= 11 is 0. The maximum Gasteiger partial charge on any atom is 0.315 e. The minimum atomic E-state index is -0.263. The maximum atomic E-state index is 13.0. The predicted molar refractivity (Wildman–Crippen MR) is 95.8 cm³/mol. The third-order valence-electron chi connectivity index (χ3n) is 4.43. The minimum absolute atomic E-state index is 0.0501. The highest BCUT2D eigenvalue weighted by Gasteiger charge is 2.15. The summed E-state index contributed by atoms with van der Waals surface area (Å²) < 4.78 is 13.0. The molecule has 5 nitrogen and oxygen atoms in total. The molecule has 0 aliphatic heterocycles. The Bertz CT molecular complexity index is 559. The van der Waals surface area contributed by atoms with Crippen molar-refractivity contribution in [2.24, 2.45) is 0 Å². The van der Waals surface area contributed by atoms with Crippen molar-refractivity contribution in [2.45, 2.75) is 57.4 Å². The van der Waals surface area contributed by atoms with E-state index < -0.39 is 0 Å². The Labute approximate surface area is 148 Å². The van der Waals surface area contributed by atoms with Crippen molar-refractivity contribution in [1.82, 2.24) is 16.0 Å². The van der Waals surface area contributed by atoms with Crippen molar-refractivity contribution < 1.29 is 14.0 Å². The van der Waals surface area contributed by atoms with Gasteiger partial charge >= 0.3 is 6.03 Å². The lowest BCUT2D eigenvalue weighted by Gasteiger charge is -2.22. The predicted octanol–water partition coefficient (Wildman–Crippen LogP) is 2.90. The Morgan fingerprint density at radius 3 is 2.64 bits per heavy atom. The maximum absolute atomic E-state index is 13.0. The van der Waals surface area contributed by atoms with E-state index in [1.165, 1.54) is 31.4 Å². The van der Waals surface area contributed by atoms with E-state index in [4.69, 9.17) is 0 Å². The Hall–Kier alpha value is -2.11. The SMILES string of the molecule is O=C(CCCNC(=O)NC1CCCCC1)NCCc1cccc(F)c1. The number of carbonyl (C=O) groups excluding carboxylic acids is 2. The third-order valence-corrected chi connectivity index (χ3v) is 4.43. The van der Waals surface area contributed by atoms with Crippen LogP contribution in [0.3, 0.4) is 0 Å². The standard InChI is InChI=1S/C19H28FN3O2/c20-16-7-4-6-15(14-16)11-13-21-18(24)10-5-12-22-19(25)23-17-8-2-1-3-9-17/h4,6-7,14,17H,1-3,5,8-13H2,(H,21,24)(H2,22,23,25). The summed E-state index contributed by atoms with van der Waals surface area (Å²) in [6.07, 6.45) is 7.31. The average molecular weight is 349 g/mol. The molecule has 0 heterocycles. The smallest absolute Gasteiger partial charge is 0.315 e. The topological polar surface area (TPSA) is 70.2 Å². The summed E-state index contributed by atoms with van der Waals surface area (Å²) in [5, 5.41) is 8.60. The van der Waals surface area contributed by atoms with Crippen LogP contribution in [0.4, 0.5) is 9.18 Å². The monoisotopic (exact) mass is 349 g/mol. The zero-order chi connectivity index (χ0) is 17.9. The summed E-state index contributed by atoms with van der Waals surface area (Å²) in [5.74, 6) is -0.313. The first-order valence-electron chi connectivity index (χ1n) is 9.19. The van der Waals surface area contributed by atoms with Gasteiger partial charge in [0.05, 0.1) is 0 Å². The largest absolute Gasteiger partial charge is 0.356 e. The number of benzene rings is 1. The molecule has 1 aromatic carbocycles. The molecule has 138 valence electrons. The second-order valence-electron chi connectivity index (χ2n) is 6.57. The van der Waals surface area contributed by atoms with Gasteiger partial charge in [0.1, 0.15) is 5.82 Å². The van der Waals surface area contributed by atoms with Crippen LogP contribution in [0, 0.1) is 5.82 Å². The van der Waals surface area contributed by atoms with Gasteiger partial charge in [0.2, 0.25) is 5.91 Å². The molecule has 0 aromatic heterocycles. The molecule has 1 saturated carbocycles. The van der Waals surface area contributed by atoms with E-state index in [9.17, 15) is 14.0 Å². The summed E-state index contributed by atoms with van der Waals surface area (Å²) in [6, 6.07) is 6.53. The van der Waals surface area contributed by atoms with Gasteiger partial charge < -0.3 is 16.0 Å². The van der Waals surface area contributed by atoms with Gasteiger partial charge in [0.15, 0.2) is 0 Å². The highest BCUT2D eigenvalue weighted by Crippen LogP contribution is 2.17. The Morgan fingerprint density at radius 1 is 1.08 bits per heavy atom. The Kier molecular flexibility index (Phi) is 8.22. The molecule has 2 rings (SSSR count). The Balaban J connectivity index is 1.49. The van der Waals surface area contributed by atoms with Crippen molar-refractivity contribution in [1.29, 1.82) is 0 Å². The van der Waals surface area contributed by atoms with Gasteiger partial charge in [-0.3, -0.25) is 4.79 Å². The van der Waals surface area contributed by atoms with Crippen LogP contribution < -0.4 is 16.0 Å². The zero-order valence-corrected chi connectivity index (χ0v) is 14.7. The molecule has 0 unspecified atom stereocenters. The van der Waals surface area contributed by atoms with Crippen LogP contribution in [-0.4, -0.2) is 31.1 Å².